The highest BCUT2D eigenvalue weighted by Gasteiger charge is 2.14. The molecule has 0 aliphatic carbocycles. The number of rotatable bonds is 4. The van der Waals surface area contributed by atoms with E-state index in [1.165, 1.54) is 17.4 Å². The summed E-state index contributed by atoms with van der Waals surface area (Å²) in [4.78, 5) is 12.3. The van der Waals surface area contributed by atoms with E-state index in [9.17, 15) is 4.79 Å². The van der Waals surface area contributed by atoms with Gasteiger partial charge in [-0.05, 0) is 30.7 Å². The van der Waals surface area contributed by atoms with E-state index in [-0.39, 0.29) is 5.91 Å². The van der Waals surface area contributed by atoms with Gasteiger partial charge in [-0.3, -0.25) is 4.79 Å². The van der Waals surface area contributed by atoms with Crippen LogP contribution in [0.5, 0.6) is 0 Å². The van der Waals surface area contributed by atoms with Gasteiger partial charge in [-0.1, -0.05) is 48.0 Å². The van der Waals surface area contributed by atoms with Gasteiger partial charge < -0.3 is 14.3 Å². The number of furan rings is 1. The Morgan fingerprint density at radius 2 is 1.84 bits per heavy atom. The lowest BCUT2D eigenvalue weighted by atomic mass is 10.1. The maximum absolute atomic E-state index is 12.3. The van der Waals surface area contributed by atoms with Crippen LogP contribution in [0.1, 0.15) is 21.7 Å². The van der Waals surface area contributed by atoms with E-state index in [1.54, 1.807) is 12.1 Å². The molecule has 25 heavy (non-hydrogen) atoms. The molecular weight excluding hydrogens is 312 g/mol. The number of amides is 1. The number of fused-ring (bicyclic) bond motifs is 1. The predicted molar refractivity (Wildman–Crippen MR) is 98.9 cm³/mol. The Bertz CT molecular complexity index is 1010. The summed E-state index contributed by atoms with van der Waals surface area (Å²) in [5.74, 6) is 0.0543. The van der Waals surface area contributed by atoms with Crippen molar-refractivity contribution in [1.29, 1.82) is 0 Å². The van der Waals surface area contributed by atoms with Gasteiger partial charge in [0, 0.05) is 18.1 Å². The van der Waals surface area contributed by atoms with Gasteiger partial charge in [0.2, 0.25) is 0 Å². The van der Waals surface area contributed by atoms with Crippen molar-refractivity contribution >= 4 is 22.5 Å². The zero-order chi connectivity index (χ0) is 17.2. The predicted octanol–water partition coefficient (Wildman–Crippen LogP) is 4.84. The molecule has 2 heterocycles. The van der Waals surface area contributed by atoms with Crippen molar-refractivity contribution in [3.05, 3.63) is 90.0 Å². The molecule has 0 fully saturated rings. The van der Waals surface area contributed by atoms with Crippen molar-refractivity contribution in [3.8, 4) is 0 Å². The van der Waals surface area contributed by atoms with E-state index in [0.29, 0.717) is 5.76 Å². The highest BCUT2D eigenvalue weighted by Crippen LogP contribution is 2.27. The normalized spacial score (nSPS) is 10.9. The van der Waals surface area contributed by atoms with Crippen LogP contribution in [0.3, 0.4) is 0 Å². The molecule has 0 aliphatic heterocycles. The minimum absolute atomic E-state index is 0.247. The van der Waals surface area contributed by atoms with Gasteiger partial charge in [0.1, 0.15) is 0 Å². The molecule has 124 valence electrons. The van der Waals surface area contributed by atoms with Crippen molar-refractivity contribution in [1.82, 2.24) is 4.57 Å². The third kappa shape index (κ3) is 3.06. The summed E-state index contributed by atoms with van der Waals surface area (Å²) in [6.07, 6.45) is 3.47. The molecule has 0 unspecified atom stereocenters. The number of nitrogens with one attached hydrogen (secondary N) is 1. The first-order valence-corrected chi connectivity index (χ1v) is 8.19. The van der Waals surface area contributed by atoms with Crippen molar-refractivity contribution in [3.63, 3.8) is 0 Å². The number of carbonyl (C=O) groups excluding carboxylic acids is 1. The SMILES string of the molecule is Cc1ccc(Cn2cc(NC(=O)c3ccco3)c3ccccc32)cc1. The number of hydrogen-bond donors (Lipinski definition) is 1. The molecule has 4 heteroatoms. The van der Waals surface area contributed by atoms with Gasteiger partial charge >= 0.3 is 0 Å². The van der Waals surface area contributed by atoms with Crippen molar-refractivity contribution in [2.75, 3.05) is 5.32 Å². The van der Waals surface area contributed by atoms with E-state index in [4.69, 9.17) is 4.42 Å². The number of aryl methyl sites for hydroxylation is 1. The average Bonchev–Trinajstić information content (AvgIpc) is 3.27. The van der Waals surface area contributed by atoms with E-state index in [0.717, 1.165) is 23.1 Å². The van der Waals surface area contributed by atoms with Gasteiger partial charge in [0.25, 0.3) is 5.91 Å². The Balaban J connectivity index is 1.68. The standard InChI is InChI=1S/C21H18N2O2/c1-15-8-10-16(11-9-15)13-23-14-18(17-5-2-3-6-19(17)23)22-21(24)20-7-4-12-25-20/h2-12,14H,13H2,1H3,(H,22,24). The maximum Gasteiger partial charge on any atom is 0.291 e. The monoisotopic (exact) mass is 330 g/mol. The fraction of sp³-hybridized carbons (Fsp3) is 0.0952. The fourth-order valence-corrected chi connectivity index (χ4v) is 2.96. The lowest BCUT2D eigenvalue weighted by Gasteiger charge is -2.05. The third-order valence-electron chi connectivity index (χ3n) is 4.26. The first-order chi connectivity index (χ1) is 12.2. The summed E-state index contributed by atoms with van der Waals surface area (Å²) in [7, 11) is 0. The van der Waals surface area contributed by atoms with Gasteiger partial charge in [0.05, 0.1) is 17.5 Å². The summed E-state index contributed by atoms with van der Waals surface area (Å²) in [6, 6.07) is 19.9. The van der Waals surface area contributed by atoms with Crippen LogP contribution in [0.15, 0.2) is 77.5 Å². The maximum atomic E-state index is 12.3. The van der Waals surface area contributed by atoms with E-state index in [2.05, 4.69) is 47.1 Å². The first-order valence-electron chi connectivity index (χ1n) is 8.19. The molecule has 2 aromatic carbocycles. The number of nitrogens with zero attached hydrogens (tertiary/aromatic N) is 1. The molecule has 0 saturated heterocycles. The fourth-order valence-electron chi connectivity index (χ4n) is 2.96. The minimum Gasteiger partial charge on any atom is -0.459 e. The number of para-hydroxylation sites is 1. The van der Waals surface area contributed by atoms with E-state index < -0.39 is 0 Å². The first kappa shape index (κ1) is 15.3. The van der Waals surface area contributed by atoms with Gasteiger partial charge in [-0.25, -0.2) is 0 Å². The molecule has 0 radical (unpaired) electrons. The number of aromatic nitrogens is 1. The highest BCUT2D eigenvalue weighted by atomic mass is 16.3. The lowest BCUT2D eigenvalue weighted by Crippen LogP contribution is -2.10. The molecule has 0 atom stereocenters. The quantitative estimate of drug-likeness (QED) is 0.582. The van der Waals surface area contributed by atoms with Crippen LogP contribution in [-0.2, 0) is 6.54 Å². The summed E-state index contributed by atoms with van der Waals surface area (Å²) in [5.41, 5.74) is 4.32. The van der Waals surface area contributed by atoms with Crippen LogP contribution in [0.2, 0.25) is 0 Å². The molecule has 1 N–H and O–H groups in total. The largest absolute Gasteiger partial charge is 0.459 e. The molecule has 0 saturated carbocycles. The second kappa shape index (κ2) is 6.32. The van der Waals surface area contributed by atoms with Crippen LogP contribution >= 0.6 is 0 Å². The Kier molecular flexibility index (Phi) is 3.86. The third-order valence-corrected chi connectivity index (χ3v) is 4.26. The highest BCUT2D eigenvalue weighted by molar-refractivity contribution is 6.07. The Morgan fingerprint density at radius 3 is 2.60 bits per heavy atom. The van der Waals surface area contributed by atoms with Gasteiger partial charge in [0.15, 0.2) is 5.76 Å². The molecule has 2 aromatic heterocycles. The Labute approximate surface area is 145 Å². The Hall–Kier alpha value is -3.27. The van der Waals surface area contributed by atoms with Gasteiger partial charge in [-0.2, -0.15) is 0 Å². The minimum atomic E-state index is -0.247. The summed E-state index contributed by atoms with van der Waals surface area (Å²) in [5, 5.41) is 3.96. The number of anilines is 1. The number of carbonyl (C=O) groups is 1. The van der Waals surface area contributed by atoms with Crippen LogP contribution in [0.4, 0.5) is 5.69 Å². The van der Waals surface area contributed by atoms with Crippen molar-refractivity contribution < 1.29 is 9.21 Å². The van der Waals surface area contributed by atoms with E-state index in [1.807, 2.05) is 24.4 Å². The number of benzene rings is 2. The van der Waals surface area contributed by atoms with Crippen molar-refractivity contribution in [2.24, 2.45) is 0 Å². The van der Waals surface area contributed by atoms with E-state index >= 15 is 0 Å². The summed E-state index contributed by atoms with van der Waals surface area (Å²) >= 11 is 0. The molecule has 4 nitrogen and oxygen atoms in total. The molecule has 0 spiro atoms. The van der Waals surface area contributed by atoms with Gasteiger partial charge in [-0.15, -0.1) is 0 Å². The Morgan fingerprint density at radius 1 is 1.04 bits per heavy atom. The average molecular weight is 330 g/mol. The molecular formula is C21H18N2O2. The van der Waals surface area contributed by atoms with Crippen molar-refractivity contribution in [2.45, 2.75) is 13.5 Å². The molecule has 1 amide bonds. The summed E-state index contributed by atoms with van der Waals surface area (Å²) in [6.45, 7) is 2.83. The zero-order valence-corrected chi connectivity index (χ0v) is 13.9. The molecule has 0 bridgehead atoms. The second-order valence-corrected chi connectivity index (χ2v) is 6.10. The molecule has 0 aliphatic rings. The second-order valence-electron chi connectivity index (χ2n) is 6.10. The van der Waals surface area contributed by atoms with Crippen LogP contribution in [0, 0.1) is 6.92 Å². The zero-order valence-electron chi connectivity index (χ0n) is 13.9. The summed E-state index contributed by atoms with van der Waals surface area (Å²) < 4.78 is 7.32. The number of hydrogen-bond acceptors (Lipinski definition) is 2. The van der Waals surface area contributed by atoms with Crippen LogP contribution in [-0.4, -0.2) is 10.5 Å². The molecule has 4 rings (SSSR count). The molecule has 4 aromatic rings. The van der Waals surface area contributed by atoms with Crippen LogP contribution in [0.25, 0.3) is 10.9 Å². The lowest BCUT2D eigenvalue weighted by molar-refractivity contribution is 0.0997. The smallest absolute Gasteiger partial charge is 0.291 e. The van der Waals surface area contributed by atoms with Crippen LogP contribution < -0.4 is 5.32 Å². The topological polar surface area (TPSA) is 47.2 Å².